The van der Waals surface area contributed by atoms with Crippen LogP contribution in [0.15, 0.2) is 109 Å². The van der Waals surface area contributed by atoms with Crippen molar-refractivity contribution >= 4 is 22.1 Å². The molecule has 3 unspecified atom stereocenters. The van der Waals surface area contributed by atoms with E-state index in [1.54, 1.807) is 0 Å². The van der Waals surface area contributed by atoms with E-state index >= 15 is 0 Å². The quantitative estimate of drug-likeness (QED) is 0.0156. The highest BCUT2D eigenvalue weighted by atomic mass is 32.2. The number of carbonyl (C=O) groups excluding carboxylic acids is 2. The lowest BCUT2D eigenvalue weighted by molar-refractivity contribution is -0.297. The number of hydrogen-bond donors (Lipinski definition) is 4. The summed E-state index contributed by atoms with van der Waals surface area (Å²) in [5.41, 5.74) is 0. The monoisotopic (exact) mass is 889 g/mol. The van der Waals surface area contributed by atoms with Gasteiger partial charge in [0.05, 0.1) is 6.61 Å². The number of aliphatic hydroxyl groups is 3. The van der Waals surface area contributed by atoms with Gasteiger partial charge in [0.25, 0.3) is 10.1 Å². The molecule has 1 saturated heterocycles. The molecule has 1 aliphatic heterocycles. The van der Waals surface area contributed by atoms with Gasteiger partial charge in [0, 0.05) is 12.8 Å². The molecule has 0 saturated carbocycles. The molecule has 0 aromatic carbocycles. The molecule has 1 heterocycles. The van der Waals surface area contributed by atoms with E-state index < -0.39 is 71.2 Å². The molecule has 0 aliphatic carbocycles. The molecule has 1 aliphatic rings. The second-order valence-corrected chi connectivity index (χ2v) is 16.6. The zero-order valence-corrected chi connectivity index (χ0v) is 38.0. The third-order valence-electron chi connectivity index (χ3n) is 9.46. The number of rotatable bonds is 35. The lowest BCUT2D eigenvalue weighted by Gasteiger charge is -2.40. The van der Waals surface area contributed by atoms with E-state index in [0.29, 0.717) is 19.3 Å². The van der Waals surface area contributed by atoms with Crippen LogP contribution >= 0.6 is 0 Å². The maximum atomic E-state index is 12.8. The highest BCUT2D eigenvalue weighted by molar-refractivity contribution is 7.85. The fourth-order valence-electron chi connectivity index (χ4n) is 5.98. The molecule has 350 valence electrons. The molecule has 1 fully saturated rings. The molecule has 62 heavy (non-hydrogen) atoms. The van der Waals surface area contributed by atoms with Crippen LogP contribution in [0.2, 0.25) is 0 Å². The Kier molecular flexibility index (Phi) is 34.4. The van der Waals surface area contributed by atoms with E-state index in [9.17, 15) is 37.9 Å². The van der Waals surface area contributed by atoms with Crippen LogP contribution in [0.4, 0.5) is 0 Å². The van der Waals surface area contributed by atoms with Gasteiger partial charge < -0.3 is 34.3 Å². The first-order valence-corrected chi connectivity index (χ1v) is 24.1. The van der Waals surface area contributed by atoms with Gasteiger partial charge in [0.15, 0.2) is 12.4 Å². The number of aliphatic hydroxyl groups excluding tert-OH is 3. The van der Waals surface area contributed by atoms with Crippen molar-refractivity contribution in [1.29, 1.82) is 0 Å². The number of carbonyl (C=O) groups is 2. The van der Waals surface area contributed by atoms with Crippen LogP contribution in [-0.2, 0) is 38.7 Å². The van der Waals surface area contributed by atoms with E-state index in [2.05, 4.69) is 68.5 Å². The SMILES string of the molecule is CC/C=C/C=C/C=C/C=C/C=C/CCCC(=O)OC(COC(=O)CCCCCCC/C=C/C/C=C/C/C=C/C/C=C/CCCCC)CO[C@H]1O[C@H](CS(=O)(=O)O)[C@@H](O)C(O)C1O. The van der Waals surface area contributed by atoms with E-state index in [1.807, 2.05) is 54.7 Å². The van der Waals surface area contributed by atoms with Crippen LogP contribution in [0, 0.1) is 0 Å². The van der Waals surface area contributed by atoms with Gasteiger partial charge >= 0.3 is 11.9 Å². The maximum Gasteiger partial charge on any atom is 0.306 e. The van der Waals surface area contributed by atoms with E-state index in [0.717, 1.165) is 57.8 Å². The van der Waals surface area contributed by atoms with Crippen LogP contribution in [0.5, 0.6) is 0 Å². The third-order valence-corrected chi connectivity index (χ3v) is 10.2. The van der Waals surface area contributed by atoms with Gasteiger partial charge in [-0.25, -0.2) is 0 Å². The molecule has 0 amide bonds. The first-order valence-electron chi connectivity index (χ1n) is 22.5. The van der Waals surface area contributed by atoms with Gasteiger partial charge in [0.1, 0.15) is 36.8 Å². The van der Waals surface area contributed by atoms with Crippen molar-refractivity contribution in [2.45, 2.75) is 166 Å². The molecule has 13 heteroatoms. The first kappa shape index (κ1) is 56.3. The molecule has 6 atom stereocenters. The Morgan fingerprint density at radius 3 is 1.69 bits per heavy atom. The topological polar surface area (TPSA) is 186 Å². The van der Waals surface area contributed by atoms with Crippen molar-refractivity contribution in [2.75, 3.05) is 19.0 Å². The molecule has 0 aromatic heterocycles. The fraction of sp³-hybridized carbons (Fsp3) is 0.592. The van der Waals surface area contributed by atoms with Crippen molar-refractivity contribution < 1.29 is 56.8 Å². The van der Waals surface area contributed by atoms with Gasteiger partial charge in [-0.2, -0.15) is 8.42 Å². The van der Waals surface area contributed by atoms with Crippen LogP contribution in [-0.4, -0.2) is 96.0 Å². The minimum atomic E-state index is -4.62. The van der Waals surface area contributed by atoms with E-state index in [-0.39, 0.29) is 19.4 Å². The minimum absolute atomic E-state index is 0.0563. The molecule has 12 nitrogen and oxygen atoms in total. The van der Waals surface area contributed by atoms with Gasteiger partial charge in [-0.15, -0.1) is 0 Å². The first-order chi connectivity index (χ1) is 30.0. The Bertz CT molecular complexity index is 1560. The molecular formula is C49H76O12S. The number of unbranched alkanes of at least 4 members (excludes halogenated alkanes) is 9. The maximum absolute atomic E-state index is 12.8. The molecule has 0 bridgehead atoms. The summed E-state index contributed by atoms with van der Waals surface area (Å²) < 4.78 is 53.9. The second-order valence-electron chi connectivity index (χ2n) is 15.1. The van der Waals surface area contributed by atoms with Crippen molar-refractivity contribution in [3.63, 3.8) is 0 Å². The molecule has 0 spiro atoms. The van der Waals surface area contributed by atoms with Crippen LogP contribution in [0.3, 0.4) is 0 Å². The number of hydrogen-bond acceptors (Lipinski definition) is 11. The summed E-state index contributed by atoms with van der Waals surface area (Å²) in [6.45, 7) is 3.48. The Morgan fingerprint density at radius 1 is 0.581 bits per heavy atom. The normalized spacial score (nSPS) is 20.9. The summed E-state index contributed by atoms with van der Waals surface area (Å²) in [6, 6.07) is 0. The Balaban J connectivity index is 2.49. The summed E-state index contributed by atoms with van der Waals surface area (Å²) >= 11 is 0. The standard InChI is InChI=1S/C49H76O12S/c1-3-5-7-9-11-13-15-17-18-19-20-21-22-23-24-26-27-29-31-33-35-37-44(50)58-39-42(40-59-49-48(54)47(53)46(52)43(61-49)41-62(55,56)57)60-45(51)38-36-34-32-30-28-25-16-14-12-10-8-6-4-2/h6,8,10-14,16-18,20-21,23-25,28,30,32,42-43,46-49,52-54H,3-5,7,9,15,19,22,26-27,29,31,33-41H2,1-2H3,(H,55,56,57)/b8-6+,12-10+,13-11+,16-14+,18-17+,21-20+,24-23+,28-25+,32-30+/t42?,43-,46-,47?,48?,49+/m1/s1. The Morgan fingerprint density at radius 2 is 1.10 bits per heavy atom. The zero-order chi connectivity index (χ0) is 45.5. The van der Waals surface area contributed by atoms with Crippen molar-refractivity contribution in [2.24, 2.45) is 0 Å². The van der Waals surface area contributed by atoms with Crippen molar-refractivity contribution in [3.8, 4) is 0 Å². The minimum Gasteiger partial charge on any atom is -0.462 e. The molecule has 0 aromatic rings. The molecule has 1 rings (SSSR count). The van der Waals surface area contributed by atoms with E-state index in [4.69, 9.17) is 18.9 Å². The molecular weight excluding hydrogens is 813 g/mol. The van der Waals surface area contributed by atoms with Crippen LogP contribution in [0.1, 0.15) is 129 Å². The van der Waals surface area contributed by atoms with Gasteiger partial charge in [-0.3, -0.25) is 14.1 Å². The van der Waals surface area contributed by atoms with Gasteiger partial charge in [-0.05, 0) is 70.6 Å². The van der Waals surface area contributed by atoms with Crippen LogP contribution in [0.25, 0.3) is 0 Å². The van der Waals surface area contributed by atoms with Crippen molar-refractivity contribution in [1.82, 2.24) is 0 Å². The lowest BCUT2D eigenvalue weighted by Crippen LogP contribution is -2.60. The smallest absolute Gasteiger partial charge is 0.306 e. The summed E-state index contributed by atoms with van der Waals surface area (Å²) in [7, 11) is -4.62. The summed E-state index contributed by atoms with van der Waals surface area (Å²) in [6.07, 6.45) is 42.9. The van der Waals surface area contributed by atoms with Gasteiger partial charge in [0.2, 0.25) is 0 Å². The summed E-state index contributed by atoms with van der Waals surface area (Å²) in [5, 5.41) is 30.9. The zero-order valence-electron chi connectivity index (χ0n) is 37.2. The molecule has 0 radical (unpaired) electrons. The third kappa shape index (κ3) is 32.1. The van der Waals surface area contributed by atoms with Crippen molar-refractivity contribution in [3.05, 3.63) is 109 Å². The van der Waals surface area contributed by atoms with E-state index in [1.165, 1.54) is 25.7 Å². The van der Waals surface area contributed by atoms with Crippen LogP contribution < -0.4 is 0 Å². The summed E-state index contributed by atoms with van der Waals surface area (Å²) in [5.74, 6) is -2.12. The molecule has 4 N–H and O–H groups in total. The predicted molar refractivity (Wildman–Crippen MR) is 247 cm³/mol. The van der Waals surface area contributed by atoms with Gasteiger partial charge in [-0.1, -0.05) is 155 Å². The number of esters is 2. The average Bonchev–Trinajstić information content (AvgIpc) is 3.24. The highest BCUT2D eigenvalue weighted by Gasteiger charge is 2.46. The largest absolute Gasteiger partial charge is 0.462 e. The predicted octanol–water partition coefficient (Wildman–Crippen LogP) is 9.22. The second kappa shape index (κ2) is 37.8. The average molecular weight is 889 g/mol. The Hall–Kier alpha value is -3.69. The highest BCUT2D eigenvalue weighted by Crippen LogP contribution is 2.24. The lowest BCUT2D eigenvalue weighted by atomic mass is 10.00. The summed E-state index contributed by atoms with van der Waals surface area (Å²) in [4.78, 5) is 25.4. The Labute approximate surface area is 372 Å². The number of allylic oxidation sites excluding steroid dienone is 18. The number of ether oxygens (including phenoxy) is 4. The fourth-order valence-corrected chi connectivity index (χ4v) is 6.67.